The number of aromatic nitrogens is 2. The van der Waals surface area contributed by atoms with Crippen LogP contribution in [0, 0.1) is 0 Å². The molecule has 1 unspecified atom stereocenters. The fourth-order valence-corrected chi connectivity index (χ4v) is 2.77. The molecular weight excluding hydrogens is 314 g/mol. The molecule has 0 amide bonds. The molecule has 3 nitrogen and oxygen atoms in total. The molecule has 0 radical (unpaired) electrons. The van der Waals surface area contributed by atoms with E-state index in [4.69, 9.17) is 10.8 Å². The highest BCUT2D eigenvalue weighted by Crippen LogP contribution is 2.39. The van der Waals surface area contributed by atoms with Gasteiger partial charge >= 0.3 is 0 Å². The molecule has 20 heavy (non-hydrogen) atoms. The van der Waals surface area contributed by atoms with Crippen molar-refractivity contribution in [3.63, 3.8) is 0 Å². The molecule has 1 heterocycles. The van der Waals surface area contributed by atoms with Gasteiger partial charge in [0, 0.05) is 22.6 Å². The Bertz CT molecular complexity index is 602. The third kappa shape index (κ3) is 2.96. The number of hydrogen-bond acceptors (Lipinski definition) is 2. The van der Waals surface area contributed by atoms with Crippen molar-refractivity contribution >= 4 is 15.9 Å². The standard InChI is InChI=1S/C16H20BrN3/c1-2-14(18)9-12-5-6-13(17)10-16(12)20-8-7-15(19-20)11-3-4-11/h5-8,10-11,14H,2-4,9,18H2,1H3. The van der Waals surface area contributed by atoms with Gasteiger partial charge in [-0.3, -0.25) is 0 Å². The van der Waals surface area contributed by atoms with Crippen LogP contribution < -0.4 is 5.73 Å². The lowest BCUT2D eigenvalue weighted by atomic mass is 10.0. The summed E-state index contributed by atoms with van der Waals surface area (Å²) in [5, 5.41) is 4.73. The first-order valence-corrected chi connectivity index (χ1v) is 8.06. The lowest BCUT2D eigenvalue weighted by Gasteiger charge is -2.14. The Kier molecular flexibility index (Phi) is 3.94. The Labute approximate surface area is 128 Å². The second-order valence-corrected chi connectivity index (χ2v) is 6.52. The van der Waals surface area contributed by atoms with Crippen molar-refractivity contribution in [3.05, 3.63) is 46.2 Å². The van der Waals surface area contributed by atoms with Crippen molar-refractivity contribution in [1.29, 1.82) is 0 Å². The Morgan fingerprint density at radius 1 is 1.40 bits per heavy atom. The van der Waals surface area contributed by atoms with E-state index in [9.17, 15) is 0 Å². The van der Waals surface area contributed by atoms with Gasteiger partial charge in [-0.25, -0.2) is 4.68 Å². The minimum absolute atomic E-state index is 0.202. The average molecular weight is 334 g/mol. The molecule has 1 aromatic heterocycles. The Balaban J connectivity index is 1.94. The number of halogens is 1. The minimum Gasteiger partial charge on any atom is -0.327 e. The summed E-state index contributed by atoms with van der Waals surface area (Å²) >= 11 is 3.55. The van der Waals surface area contributed by atoms with Gasteiger partial charge in [-0.2, -0.15) is 5.10 Å². The first kappa shape index (κ1) is 13.8. The zero-order valence-electron chi connectivity index (χ0n) is 11.7. The molecule has 106 valence electrons. The van der Waals surface area contributed by atoms with Crippen LogP contribution in [0.2, 0.25) is 0 Å². The highest BCUT2D eigenvalue weighted by Gasteiger charge is 2.26. The summed E-state index contributed by atoms with van der Waals surface area (Å²) in [6.45, 7) is 2.13. The molecule has 1 atom stereocenters. The zero-order chi connectivity index (χ0) is 14.1. The van der Waals surface area contributed by atoms with E-state index < -0.39 is 0 Å². The normalized spacial score (nSPS) is 16.4. The molecule has 4 heteroatoms. The van der Waals surface area contributed by atoms with Crippen molar-refractivity contribution in [2.75, 3.05) is 0 Å². The maximum absolute atomic E-state index is 6.11. The SMILES string of the molecule is CCC(N)Cc1ccc(Br)cc1-n1ccc(C2CC2)n1. The van der Waals surface area contributed by atoms with Gasteiger partial charge < -0.3 is 5.73 Å². The van der Waals surface area contributed by atoms with Crippen molar-refractivity contribution < 1.29 is 0 Å². The van der Waals surface area contributed by atoms with Crippen molar-refractivity contribution in [2.45, 2.75) is 44.6 Å². The third-order valence-corrected chi connectivity index (χ3v) is 4.40. The van der Waals surface area contributed by atoms with E-state index in [2.05, 4.69) is 53.3 Å². The van der Waals surface area contributed by atoms with Gasteiger partial charge in [0.05, 0.1) is 11.4 Å². The predicted octanol–water partition coefficient (Wildman–Crippen LogP) is 3.79. The van der Waals surface area contributed by atoms with E-state index in [0.717, 1.165) is 23.0 Å². The van der Waals surface area contributed by atoms with Crippen LogP contribution in [-0.4, -0.2) is 15.8 Å². The summed E-state index contributed by atoms with van der Waals surface area (Å²) in [5.41, 5.74) is 9.72. The van der Waals surface area contributed by atoms with Gasteiger partial charge in [-0.05, 0) is 49.4 Å². The smallest absolute Gasteiger partial charge is 0.0689 e. The summed E-state index contributed by atoms with van der Waals surface area (Å²) in [6.07, 6.45) is 6.50. The molecule has 1 fully saturated rings. The number of benzene rings is 1. The molecular formula is C16H20BrN3. The molecule has 1 aliphatic rings. The van der Waals surface area contributed by atoms with Gasteiger partial charge in [0.1, 0.15) is 0 Å². The summed E-state index contributed by atoms with van der Waals surface area (Å²) in [4.78, 5) is 0. The fourth-order valence-electron chi connectivity index (χ4n) is 2.42. The van der Waals surface area contributed by atoms with Crippen molar-refractivity contribution in [1.82, 2.24) is 9.78 Å². The number of nitrogens with zero attached hydrogens (tertiary/aromatic N) is 2. The Morgan fingerprint density at radius 3 is 2.90 bits per heavy atom. The highest BCUT2D eigenvalue weighted by molar-refractivity contribution is 9.10. The topological polar surface area (TPSA) is 43.8 Å². The average Bonchev–Trinajstić information content (AvgIpc) is 3.18. The Hall–Kier alpha value is -1.13. The van der Waals surface area contributed by atoms with Crippen LogP contribution in [-0.2, 0) is 6.42 Å². The van der Waals surface area contributed by atoms with Gasteiger partial charge in [-0.15, -0.1) is 0 Å². The number of rotatable bonds is 5. The van der Waals surface area contributed by atoms with Crippen LogP contribution in [0.4, 0.5) is 0 Å². The minimum atomic E-state index is 0.202. The second kappa shape index (κ2) is 5.70. The lowest BCUT2D eigenvalue weighted by Crippen LogP contribution is -2.22. The first-order chi connectivity index (χ1) is 9.67. The van der Waals surface area contributed by atoms with E-state index in [-0.39, 0.29) is 6.04 Å². The maximum Gasteiger partial charge on any atom is 0.0689 e. The zero-order valence-corrected chi connectivity index (χ0v) is 13.3. The molecule has 1 saturated carbocycles. The monoisotopic (exact) mass is 333 g/mol. The number of nitrogens with two attached hydrogens (primary N) is 1. The van der Waals surface area contributed by atoms with E-state index in [1.54, 1.807) is 0 Å². The van der Waals surface area contributed by atoms with Crippen LogP contribution in [0.25, 0.3) is 5.69 Å². The quantitative estimate of drug-likeness (QED) is 0.904. The highest BCUT2D eigenvalue weighted by atomic mass is 79.9. The summed E-state index contributed by atoms with van der Waals surface area (Å²) in [6, 6.07) is 8.69. The largest absolute Gasteiger partial charge is 0.327 e. The van der Waals surface area contributed by atoms with Crippen LogP contribution in [0.15, 0.2) is 34.9 Å². The fraction of sp³-hybridized carbons (Fsp3) is 0.438. The molecule has 1 aliphatic carbocycles. The first-order valence-electron chi connectivity index (χ1n) is 7.27. The summed E-state index contributed by atoms with van der Waals surface area (Å²) < 4.78 is 3.07. The van der Waals surface area contributed by atoms with Gasteiger partial charge in [0.15, 0.2) is 0 Å². The van der Waals surface area contributed by atoms with E-state index in [1.165, 1.54) is 24.1 Å². The van der Waals surface area contributed by atoms with Crippen molar-refractivity contribution in [3.8, 4) is 5.69 Å². The van der Waals surface area contributed by atoms with Crippen molar-refractivity contribution in [2.24, 2.45) is 5.73 Å². The van der Waals surface area contributed by atoms with Crippen LogP contribution >= 0.6 is 15.9 Å². The summed E-state index contributed by atoms with van der Waals surface area (Å²) in [5.74, 6) is 0.685. The molecule has 2 aromatic rings. The molecule has 1 aromatic carbocycles. The maximum atomic E-state index is 6.11. The summed E-state index contributed by atoms with van der Waals surface area (Å²) in [7, 11) is 0. The Morgan fingerprint density at radius 2 is 2.20 bits per heavy atom. The van der Waals surface area contributed by atoms with Crippen LogP contribution in [0.1, 0.15) is 43.4 Å². The molecule has 0 spiro atoms. The molecule has 0 bridgehead atoms. The van der Waals surface area contributed by atoms with Gasteiger partial charge in [-0.1, -0.05) is 28.9 Å². The van der Waals surface area contributed by atoms with E-state index in [0.29, 0.717) is 5.92 Å². The van der Waals surface area contributed by atoms with Gasteiger partial charge in [0.25, 0.3) is 0 Å². The van der Waals surface area contributed by atoms with E-state index in [1.807, 2.05) is 4.68 Å². The number of hydrogen-bond donors (Lipinski definition) is 1. The molecule has 2 N–H and O–H groups in total. The second-order valence-electron chi connectivity index (χ2n) is 5.60. The van der Waals surface area contributed by atoms with Gasteiger partial charge in [0.2, 0.25) is 0 Å². The van der Waals surface area contributed by atoms with E-state index >= 15 is 0 Å². The lowest BCUT2D eigenvalue weighted by molar-refractivity contribution is 0.642. The third-order valence-electron chi connectivity index (χ3n) is 3.91. The molecule has 0 aliphatic heterocycles. The van der Waals surface area contributed by atoms with Crippen LogP contribution in [0.5, 0.6) is 0 Å². The molecule has 0 saturated heterocycles. The predicted molar refractivity (Wildman–Crippen MR) is 85.2 cm³/mol. The molecule has 3 rings (SSSR count). The van der Waals surface area contributed by atoms with Crippen LogP contribution in [0.3, 0.4) is 0 Å².